The molecule has 1 aliphatic heterocycles. The molecule has 2 rings (SSSR count). The summed E-state index contributed by atoms with van der Waals surface area (Å²) in [5.41, 5.74) is 8.00. The lowest BCUT2D eigenvalue weighted by Gasteiger charge is -2.35. The fourth-order valence-corrected chi connectivity index (χ4v) is 2.99. The molecule has 1 saturated heterocycles. The van der Waals surface area contributed by atoms with Crippen molar-refractivity contribution in [1.82, 2.24) is 0 Å². The second kappa shape index (κ2) is 6.12. The highest BCUT2D eigenvalue weighted by molar-refractivity contribution is 6.33. The molecule has 0 aliphatic carbocycles. The molecule has 1 aromatic rings. The van der Waals surface area contributed by atoms with Crippen molar-refractivity contribution in [2.24, 2.45) is 11.7 Å². The van der Waals surface area contributed by atoms with Crippen LogP contribution in [0.2, 0.25) is 5.02 Å². The molecule has 1 aliphatic rings. The summed E-state index contributed by atoms with van der Waals surface area (Å²) < 4.78 is 0. The second-order valence-electron chi connectivity index (χ2n) is 5.56. The first-order chi connectivity index (χ1) is 8.99. The molecule has 2 atom stereocenters. The zero-order valence-corrected chi connectivity index (χ0v) is 12.4. The summed E-state index contributed by atoms with van der Waals surface area (Å²) in [5, 5.41) is 10.4. The predicted octanol–water partition coefficient (Wildman–Crippen LogP) is 2.96. The number of nitrogens with two attached hydrogens (primary N) is 1. The Morgan fingerprint density at radius 1 is 1.32 bits per heavy atom. The van der Waals surface area contributed by atoms with Gasteiger partial charge in [0.2, 0.25) is 0 Å². The first-order valence-electron chi connectivity index (χ1n) is 6.97. The topological polar surface area (TPSA) is 49.5 Å². The maximum absolute atomic E-state index is 9.63. The van der Waals surface area contributed by atoms with Gasteiger partial charge in [-0.2, -0.15) is 0 Å². The van der Waals surface area contributed by atoms with E-state index < -0.39 is 0 Å². The third-order valence-electron chi connectivity index (χ3n) is 4.06. The van der Waals surface area contributed by atoms with Crippen molar-refractivity contribution in [3.63, 3.8) is 0 Å². The molecular formula is C15H23ClN2O. The van der Waals surface area contributed by atoms with E-state index in [0.717, 1.165) is 42.2 Å². The molecule has 1 heterocycles. The Morgan fingerprint density at radius 2 is 1.95 bits per heavy atom. The van der Waals surface area contributed by atoms with Gasteiger partial charge >= 0.3 is 0 Å². The van der Waals surface area contributed by atoms with Gasteiger partial charge in [-0.3, -0.25) is 0 Å². The SMILES string of the molecule is CC(O)C1CCN(c2ccc([C@H](C)N)cc2Cl)CC1. The molecular weight excluding hydrogens is 260 g/mol. The van der Waals surface area contributed by atoms with Gasteiger partial charge in [0.25, 0.3) is 0 Å². The van der Waals surface area contributed by atoms with Gasteiger partial charge in [-0.25, -0.2) is 0 Å². The number of aliphatic hydroxyl groups excluding tert-OH is 1. The van der Waals surface area contributed by atoms with Crippen LogP contribution in [0.4, 0.5) is 5.69 Å². The van der Waals surface area contributed by atoms with Gasteiger partial charge in [0.05, 0.1) is 16.8 Å². The van der Waals surface area contributed by atoms with Gasteiger partial charge in [0.15, 0.2) is 0 Å². The molecule has 1 unspecified atom stereocenters. The van der Waals surface area contributed by atoms with Crippen LogP contribution in [-0.4, -0.2) is 24.3 Å². The molecule has 3 nitrogen and oxygen atoms in total. The second-order valence-corrected chi connectivity index (χ2v) is 5.97. The summed E-state index contributed by atoms with van der Waals surface area (Å²) in [7, 11) is 0. The number of hydrogen-bond acceptors (Lipinski definition) is 3. The summed E-state index contributed by atoms with van der Waals surface area (Å²) in [6, 6.07) is 6.08. The average Bonchev–Trinajstić information content (AvgIpc) is 2.38. The zero-order valence-electron chi connectivity index (χ0n) is 11.6. The molecule has 0 radical (unpaired) electrons. The summed E-state index contributed by atoms with van der Waals surface area (Å²) >= 11 is 6.36. The molecule has 3 N–H and O–H groups in total. The smallest absolute Gasteiger partial charge is 0.0642 e. The number of hydrogen-bond donors (Lipinski definition) is 2. The average molecular weight is 283 g/mol. The molecule has 0 spiro atoms. The van der Waals surface area contributed by atoms with Crippen LogP contribution in [0, 0.1) is 5.92 Å². The lowest BCUT2D eigenvalue weighted by atomic mass is 9.92. The van der Waals surface area contributed by atoms with Crippen LogP contribution in [-0.2, 0) is 0 Å². The molecule has 0 saturated carbocycles. The summed E-state index contributed by atoms with van der Waals surface area (Å²) in [4.78, 5) is 2.30. The number of halogens is 1. The Hall–Kier alpha value is -0.770. The molecule has 1 aromatic carbocycles. The Labute approximate surface area is 120 Å². The molecule has 4 heteroatoms. The fourth-order valence-electron chi connectivity index (χ4n) is 2.69. The standard InChI is InChI=1S/C15H23ClN2O/c1-10(17)13-3-4-15(14(16)9-13)18-7-5-12(6-8-18)11(2)19/h3-4,9-12,19H,5-8,17H2,1-2H3/t10-,11?/m0/s1. The minimum absolute atomic E-state index is 0.00697. The van der Waals surface area contributed by atoms with E-state index in [0.29, 0.717) is 5.92 Å². The molecule has 106 valence electrons. The summed E-state index contributed by atoms with van der Waals surface area (Å²) in [6.45, 7) is 5.74. The van der Waals surface area contributed by atoms with E-state index in [1.165, 1.54) is 0 Å². The van der Waals surface area contributed by atoms with Gasteiger partial charge in [-0.05, 0) is 50.3 Å². The van der Waals surface area contributed by atoms with E-state index in [1.807, 2.05) is 26.0 Å². The van der Waals surface area contributed by atoms with Crippen LogP contribution in [0.25, 0.3) is 0 Å². The van der Waals surface area contributed by atoms with Crippen molar-refractivity contribution < 1.29 is 5.11 Å². The molecule has 0 bridgehead atoms. The van der Waals surface area contributed by atoms with E-state index in [2.05, 4.69) is 11.0 Å². The highest BCUT2D eigenvalue weighted by Crippen LogP contribution is 2.32. The Balaban J connectivity index is 2.07. The number of nitrogens with zero attached hydrogens (tertiary/aromatic N) is 1. The quantitative estimate of drug-likeness (QED) is 0.896. The molecule has 1 fully saturated rings. The highest BCUT2D eigenvalue weighted by Gasteiger charge is 2.23. The first-order valence-corrected chi connectivity index (χ1v) is 7.35. The van der Waals surface area contributed by atoms with E-state index >= 15 is 0 Å². The predicted molar refractivity (Wildman–Crippen MR) is 80.7 cm³/mol. The van der Waals surface area contributed by atoms with Gasteiger partial charge in [-0.1, -0.05) is 17.7 Å². The molecule has 0 amide bonds. The molecule has 19 heavy (non-hydrogen) atoms. The zero-order chi connectivity index (χ0) is 14.0. The number of anilines is 1. The largest absolute Gasteiger partial charge is 0.393 e. The van der Waals surface area contributed by atoms with E-state index in [9.17, 15) is 5.11 Å². The third-order valence-corrected chi connectivity index (χ3v) is 4.36. The monoisotopic (exact) mass is 282 g/mol. The highest BCUT2D eigenvalue weighted by atomic mass is 35.5. The Bertz CT molecular complexity index is 426. The maximum Gasteiger partial charge on any atom is 0.0642 e. The normalized spacial score (nSPS) is 20.4. The van der Waals surface area contributed by atoms with Crippen molar-refractivity contribution >= 4 is 17.3 Å². The van der Waals surface area contributed by atoms with Gasteiger partial charge in [0, 0.05) is 19.1 Å². The lowest BCUT2D eigenvalue weighted by Crippen LogP contribution is -2.37. The van der Waals surface area contributed by atoms with Gasteiger partial charge in [-0.15, -0.1) is 0 Å². The number of piperidine rings is 1. The van der Waals surface area contributed by atoms with Crippen molar-refractivity contribution in [2.45, 2.75) is 38.8 Å². The summed E-state index contributed by atoms with van der Waals surface area (Å²) in [6.07, 6.45) is 1.82. The van der Waals surface area contributed by atoms with E-state index in [4.69, 9.17) is 17.3 Å². The lowest BCUT2D eigenvalue weighted by molar-refractivity contribution is 0.110. The van der Waals surface area contributed by atoms with Crippen LogP contribution in [0.15, 0.2) is 18.2 Å². The fraction of sp³-hybridized carbons (Fsp3) is 0.600. The number of benzene rings is 1. The van der Waals surface area contributed by atoms with Crippen LogP contribution < -0.4 is 10.6 Å². The van der Waals surface area contributed by atoms with Crippen molar-refractivity contribution in [3.8, 4) is 0 Å². The number of rotatable bonds is 3. The van der Waals surface area contributed by atoms with Gasteiger partial charge < -0.3 is 15.7 Å². The minimum atomic E-state index is -0.210. The van der Waals surface area contributed by atoms with Crippen LogP contribution in [0.3, 0.4) is 0 Å². The maximum atomic E-state index is 9.63. The summed E-state index contributed by atoms with van der Waals surface area (Å²) in [5.74, 6) is 0.415. The van der Waals surface area contributed by atoms with Crippen LogP contribution in [0.5, 0.6) is 0 Å². The van der Waals surface area contributed by atoms with Crippen LogP contribution in [0.1, 0.15) is 38.3 Å². The van der Waals surface area contributed by atoms with Crippen molar-refractivity contribution in [1.29, 1.82) is 0 Å². The number of aliphatic hydroxyl groups is 1. The Kier molecular flexibility index (Phi) is 4.71. The minimum Gasteiger partial charge on any atom is -0.393 e. The molecule has 0 aromatic heterocycles. The van der Waals surface area contributed by atoms with Gasteiger partial charge in [0.1, 0.15) is 0 Å². The van der Waals surface area contributed by atoms with Crippen molar-refractivity contribution in [3.05, 3.63) is 28.8 Å². The van der Waals surface area contributed by atoms with E-state index in [-0.39, 0.29) is 12.1 Å². The Morgan fingerprint density at radius 3 is 2.42 bits per heavy atom. The first kappa shape index (κ1) is 14.6. The third kappa shape index (κ3) is 3.41. The van der Waals surface area contributed by atoms with E-state index in [1.54, 1.807) is 0 Å². The van der Waals surface area contributed by atoms with Crippen LogP contribution >= 0.6 is 11.6 Å². The van der Waals surface area contributed by atoms with Crippen molar-refractivity contribution in [2.75, 3.05) is 18.0 Å².